The maximum atomic E-state index is 13.9. The zero-order valence-electron chi connectivity index (χ0n) is 20.8. The maximum absolute atomic E-state index is 13.9. The van der Waals surface area contributed by atoms with Gasteiger partial charge in [0, 0.05) is 9.77 Å². The number of fused-ring (bicyclic) bond motifs is 1. The molecule has 2 aromatic carbocycles. The lowest BCUT2D eigenvalue weighted by atomic mass is 10.1. The number of aryl methyl sites for hydroxylation is 4. The smallest absolute Gasteiger partial charge is 0.267 e. The zero-order valence-corrected chi connectivity index (χ0v) is 23.2. The van der Waals surface area contributed by atoms with E-state index >= 15 is 0 Å². The van der Waals surface area contributed by atoms with Crippen LogP contribution in [0.2, 0.25) is 0 Å². The molecular weight excluding hydrogens is 495 g/mol. The van der Waals surface area contributed by atoms with E-state index in [9.17, 15) is 9.59 Å². The van der Waals surface area contributed by atoms with Crippen molar-refractivity contribution in [2.75, 3.05) is 11.6 Å². The number of hydrogen-bond acceptors (Lipinski definition) is 6. The summed E-state index contributed by atoms with van der Waals surface area (Å²) in [6, 6.07) is 13.7. The fourth-order valence-electron chi connectivity index (χ4n) is 3.99. The van der Waals surface area contributed by atoms with Gasteiger partial charge in [0.15, 0.2) is 5.16 Å². The third-order valence-electron chi connectivity index (χ3n) is 6.11. The molecule has 0 fully saturated rings. The summed E-state index contributed by atoms with van der Waals surface area (Å²) in [7, 11) is 0. The molecule has 0 saturated heterocycles. The van der Waals surface area contributed by atoms with Crippen molar-refractivity contribution in [1.82, 2.24) is 9.55 Å². The standard InChI is InChI=1S/C27H29N3O2S3/c1-7-20-17(4)34-25-23(20)26(32)30(19-13-12-15(2)16(3)14-19)27(29-25)35-18(5)24(31)28-21-10-8-9-11-22(21)33-6/h8-14,18H,7H2,1-6H3,(H,28,31)/t18-/m0/s1. The van der Waals surface area contributed by atoms with Gasteiger partial charge in [-0.25, -0.2) is 4.98 Å². The van der Waals surface area contributed by atoms with Crippen LogP contribution in [0.4, 0.5) is 5.69 Å². The third kappa shape index (κ3) is 5.06. The van der Waals surface area contributed by atoms with Crippen molar-refractivity contribution in [3.63, 3.8) is 0 Å². The van der Waals surface area contributed by atoms with Crippen molar-refractivity contribution >= 4 is 56.7 Å². The summed E-state index contributed by atoms with van der Waals surface area (Å²) in [6.45, 7) is 10.0. The van der Waals surface area contributed by atoms with E-state index in [-0.39, 0.29) is 11.5 Å². The first-order chi connectivity index (χ1) is 16.7. The predicted octanol–water partition coefficient (Wildman–Crippen LogP) is 6.78. The lowest BCUT2D eigenvalue weighted by molar-refractivity contribution is -0.115. The first-order valence-electron chi connectivity index (χ1n) is 11.5. The molecule has 0 aliphatic carbocycles. The van der Waals surface area contributed by atoms with Gasteiger partial charge in [0.2, 0.25) is 5.91 Å². The number of rotatable bonds is 7. The fourth-order valence-corrected chi connectivity index (χ4v) is 6.62. The number of thioether (sulfide) groups is 2. The molecule has 2 heterocycles. The first kappa shape index (κ1) is 25.5. The summed E-state index contributed by atoms with van der Waals surface area (Å²) in [5.74, 6) is -0.130. The molecule has 182 valence electrons. The molecular formula is C27H29N3O2S3. The highest BCUT2D eigenvalue weighted by atomic mass is 32.2. The van der Waals surface area contributed by atoms with Crippen LogP contribution >= 0.6 is 34.9 Å². The van der Waals surface area contributed by atoms with E-state index in [0.29, 0.717) is 10.5 Å². The second-order valence-corrected chi connectivity index (χ2v) is 11.8. The second-order valence-electron chi connectivity index (χ2n) is 8.42. The SMILES string of the molecule is CCc1c(C)sc2nc(S[C@@H](C)C(=O)Nc3ccccc3SC)n(-c3ccc(C)c(C)c3)c(=O)c12. The van der Waals surface area contributed by atoms with Gasteiger partial charge in [-0.1, -0.05) is 36.9 Å². The van der Waals surface area contributed by atoms with Gasteiger partial charge < -0.3 is 5.32 Å². The molecule has 0 spiro atoms. The lowest BCUT2D eigenvalue weighted by Crippen LogP contribution is -2.26. The van der Waals surface area contributed by atoms with Gasteiger partial charge in [0.1, 0.15) is 4.83 Å². The minimum Gasteiger partial charge on any atom is -0.324 e. The van der Waals surface area contributed by atoms with Crippen LogP contribution in [-0.4, -0.2) is 27.0 Å². The van der Waals surface area contributed by atoms with Gasteiger partial charge in [0.05, 0.1) is 22.0 Å². The van der Waals surface area contributed by atoms with Crippen LogP contribution in [0.1, 0.15) is 35.4 Å². The first-order valence-corrected chi connectivity index (χ1v) is 14.4. The Morgan fingerprint density at radius 3 is 2.57 bits per heavy atom. The third-order valence-corrected chi connectivity index (χ3v) is 9.00. The molecule has 8 heteroatoms. The van der Waals surface area contributed by atoms with E-state index in [1.54, 1.807) is 27.7 Å². The fraction of sp³-hybridized carbons (Fsp3) is 0.296. The molecule has 1 N–H and O–H groups in total. The van der Waals surface area contributed by atoms with Gasteiger partial charge in [-0.2, -0.15) is 0 Å². The number of carbonyl (C=O) groups is 1. The Morgan fingerprint density at radius 2 is 1.89 bits per heavy atom. The van der Waals surface area contributed by atoms with Gasteiger partial charge in [0.25, 0.3) is 5.56 Å². The molecule has 0 unspecified atom stereocenters. The average molecular weight is 524 g/mol. The lowest BCUT2D eigenvalue weighted by Gasteiger charge is -2.17. The number of thiophene rings is 1. The van der Waals surface area contributed by atoms with Crippen LogP contribution in [0.3, 0.4) is 0 Å². The van der Waals surface area contributed by atoms with E-state index in [1.807, 2.05) is 69.5 Å². The maximum Gasteiger partial charge on any atom is 0.267 e. The molecule has 4 rings (SSSR count). The summed E-state index contributed by atoms with van der Waals surface area (Å²) in [5.41, 5.74) is 4.78. The predicted molar refractivity (Wildman–Crippen MR) is 151 cm³/mol. The van der Waals surface area contributed by atoms with Crippen LogP contribution in [0, 0.1) is 20.8 Å². The number of carbonyl (C=O) groups excluding carboxylic acids is 1. The van der Waals surface area contributed by atoms with E-state index < -0.39 is 5.25 Å². The minimum absolute atomic E-state index is 0.0812. The Balaban J connectivity index is 1.79. The molecule has 0 aliphatic rings. The number of hydrogen-bond donors (Lipinski definition) is 1. The molecule has 1 amide bonds. The largest absolute Gasteiger partial charge is 0.324 e. The topological polar surface area (TPSA) is 64.0 Å². The molecule has 0 saturated carbocycles. The number of anilines is 1. The average Bonchev–Trinajstić information content (AvgIpc) is 3.16. The zero-order chi connectivity index (χ0) is 25.3. The quantitative estimate of drug-likeness (QED) is 0.214. The number of nitrogens with zero attached hydrogens (tertiary/aromatic N) is 2. The van der Waals surface area contributed by atoms with Crippen molar-refractivity contribution in [2.45, 2.75) is 56.3 Å². The normalized spacial score (nSPS) is 12.2. The number of nitrogens with one attached hydrogen (secondary N) is 1. The molecule has 0 aliphatic heterocycles. The highest BCUT2D eigenvalue weighted by Gasteiger charge is 2.23. The minimum atomic E-state index is -0.459. The van der Waals surface area contributed by atoms with Crippen LogP contribution in [-0.2, 0) is 11.2 Å². The molecule has 4 aromatic rings. The summed E-state index contributed by atoms with van der Waals surface area (Å²) in [4.78, 5) is 34.8. The van der Waals surface area contributed by atoms with Crippen molar-refractivity contribution < 1.29 is 4.79 Å². The summed E-state index contributed by atoms with van der Waals surface area (Å²) in [5, 5.41) is 3.79. The van der Waals surface area contributed by atoms with Crippen molar-refractivity contribution in [3.8, 4) is 5.69 Å². The highest BCUT2D eigenvalue weighted by Crippen LogP contribution is 2.33. The van der Waals surface area contributed by atoms with Crippen LogP contribution in [0.15, 0.2) is 57.3 Å². The number of aromatic nitrogens is 2. The van der Waals surface area contributed by atoms with Gasteiger partial charge in [-0.05, 0) is 81.3 Å². The Labute approximate surface area is 218 Å². The molecule has 35 heavy (non-hydrogen) atoms. The summed E-state index contributed by atoms with van der Waals surface area (Å²) in [6.07, 6.45) is 2.76. The van der Waals surface area contributed by atoms with Gasteiger partial charge in [-0.3, -0.25) is 14.2 Å². The van der Waals surface area contributed by atoms with E-state index in [1.165, 1.54) is 11.8 Å². The number of amides is 1. The van der Waals surface area contributed by atoms with E-state index in [4.69, 9.17) is 4.98 Å². The number of para-hydroxylation sites is 1. The van der Waals surface area contributed by atoms with Crippen LogP contribution < -0.4 is 10.9 Å². The summed E-state index contributed by atoms with van der Waals surface area (Å²) >= 11 is 4.44. The molecule has 2 aromatic heterocycles. The molecule has 5 nitrogen and oxygen atoms in total. The van der Waals surface area contributed by atoms with Crippen LogP contribution in [0.25, 0.3) is 15.9 Å². The highest BCUT2D eigenvalue weighted by molar-refractivity contribution is 8.00. The Kier molecular flexibility index (Phi) is 7.73. The number of benzene rings is 2. The Hall–Kier alpha value is -2.55. The van der Waals surface area contributed by atoms with E-state index in [2.05, 4.69) is 19.2 Å². The van der Waals surface area contributed by atoms with Crippen molar-refractivity contribution in [2.24, 2.45) is 0 Å². The molecule has 0 bridgehead atoms. The molecule has 0 radical (unpaired) electrons. The van der Waals surface area contributed by atoms with Crippen molar-refractivity contribution in [3.05, 3.63) is 74.4 Å². The summed E-state index contributed by atoms with van der Waals surface area (Å²) < 4.78 is 1.67. The van der Waals surface area contributed by atoms with E-state index in [0.717, 1.165) is 49.1 Å². The van der Waals surface area contributed by atoms with Gasteiger partial charge in [-0.15, -0.1) is 23.1 Å². The molecule has 1 atom stereocenters. The Morgan fingerprint density at radius 1 is 1.14 bits per heavy atom. The van der Waals surface area contributed by atoms with Gasteiger partial charge >= 0.3 is 0 Å². The monoisotopic (exact) mass is 523 g/mol. The second kappa shape index (κ2) is 10.6. The Bertz CT molecular complexity index is 1470. The van der Waals surface area contributed by atoms with Crippen molar-refractivity contribution in [1.29, 1.82) is 0 Å². The van der Waals surface area contributed by atoms with Crippen LogP contribution in [0.5, 0.6) is 0 Å².